The minimum absolute atomic E-state index is 0.146. The first kappa shape index (κ1) is 19.0. The van der Waals surface area contributed by atoms with E-state index >= 15 is 0 Å². The number of amides is 1. The lowest BCUT2D eigenvalue weighted by Gasteiger charge is -2.24. The molecule has 2 aliphatic rings. The van der Waals surface area contributed by atoms with Gasteiger partial charge in [-0.1, -0.05) is 16.0 Å². The zero-order valence-electron chi connectivity index (χ0n) is 15.4. The number of aromatic carboxylic acids is 1. The average Bonchev–Trinajstić information content (AvgIpc) is 3.27. The number of carboxylic acids is 1. The molecule has 144 valence electrons. The Kier molecular flexibility index (Phi) is 5.26. The zero-order valence-corrected chi connectivity index (χ0v) is 16.2. The van der Waals surface area contributed by atoms with Gasteiger partial charge in [0.25, 0.3) is 0 Å². The molecule has 0 radical (unpaired) electrons. The van der Waals surface area contributed by atoms with Crippen LogP contribution in [0.15, 0.2) is 23.5 Å². The number of hydrazone groups is 1. The third kappa shape index (κ3) is 5.13. The fourth-order valence-corrected chi connectivity index (χ4v) is 3.29. The van der Waals surface area contributed by atoms with Crippen LogP contribution < -0.4 is 5.43 Å². The van der Waals surface area contributed by atoms with Crippen LogP contribution in [0.4, 0.5) is 9.93 Å². The molecule has 1 amide bonds. The molecule has 10 heteroatoms. The summed E-state index contributed by atoms with van der Waals surface area (Å²) in [7, 11) is 0. The molecule has 0 aliphatic carbocycles. The van der Waals surface area contributed by atoms with Crippen molar-refractivity contribution in [3.05, 3.63) is 23.3 Å². The lowest BCUT2D eigenvalue weighted by atomic mass is 10.1. The van der Waals surface area contributed by atoms with Gasteiger partial charge in [0.2, 0.25) is 11.3 Å². The van der Waals surface area contributed by atoms with Crippen LogP contribution in [0.3, 0.4) is 0 Å². The van der Waals surface area contributed by atoms with E-state index in [1.807, 2.05) is 33.2 Å². The summed E-state index contributed by atoms with van der Waals surface area (Å²) in [6.45, 7) is 6.82. The number of ether oxygens (including phenoxy) is 1. The SMILES string of the molecule is CC(C)(C)OC(=O)N1CCC(/C=[N+]2C=C/C(=N\c3ncc(C(=O)O)s3)N\2)C1. The number of hydrogen-bond donors (Lipinski definition) is 2. The Bertz CT molecular complexity index is 837. The number of hydrogen-bond acceptors (Lipinski definition) is 6. The average molecular weight is 392 g/mol. The smallest absolute Gasteiger partial charge is 0.410 e. The van der Waals surface area contributed by atoms with Crippen LogP contribution in [0.25, 0.3) is 0 Å². The molecule has 2 N–H and O–H groups in total. The van der Waals surface area contributed by atoms with E-state index in [2.05, 4.69) is 15.4 Å². The molecule has 9 nitrogen and oxygen atoms in total. The van der Waals surface area contributed by atoms with Crippen molar-refractivity contribution in [2.75, 3.05) is 13.1 Å². The minimum Gasteiger partial charge on any atom is -0.477 e. The molecule has 0 aromatic carbocycles. The number of carbonyl (C=O) groups is 2. The van der Waals surface area contributed by atoms with Crippen molar-refractivity contribution < 1.29 is 24.1 Å². The van der Waals surface area contributed by atoms with Gasteiger partial charge in [0.05, 0.1) is 18.2 Å². The summed E-state index contributed by atoms with van der Waals surface area (Å²) < 4.78 is 7.19. The molecule has 1 aromatic rings. The van der Waals surface area contributed by atoms with E-state index in [0.717, 1.165) is 17.8 Å². The molecule has 3 heterocycles. The number of nitrogens with one attached hydrogen (secondary N) is 1. The van der Waals surface area contributed by atoms with Crippen LogP contribution in [0.5, 0.6) is 0 Å². The van der Waals surface area contributed by atoms with Gasteiger partial charge in [-0.3, -0.25) is 0 Å². The Hall–Kier alpha value is -2.75. The first-order valence-electron chi connectivity index (χ1n) is 8.53. The topological polar surface area (TPSA) is 107 Å². The van der Waals surface area contributed by atoms with E-state index in [1.54, 1.807) is 15.7 Å². The summed E-state index contributed by atoms with van der Waals surface area (Å²) in [5, 5.41) is 9.30. The fraction of sp³-hybridized carbons (Fsp3) is 0.471. The number of aromatic nitrogens is 1. The second kappa shape index (κ2) is 7.47. The largest absolute Gasteiger partial charge is 0.477 e. The first-order valence-corrected chi connectivity index (χ1v) is 9.35. The predicted molar refractivity (Wildman–Crippen MR) is 101 cm³/mol. The summed E-state index contributed by atoms with van der Waals surface area (Å²) in [6, 6.07) is 0. The monoisotopic (exact) mass is 392 g/mol. The first-order chi connectivity index (χ1) is 12.7. The molecule has 1 aromatic heterocycles. The van der Waals surface area contributed by atoms with Crippen LogP contribution in [0, 0.1) is 5.92 Å². The van der Waals surface area contributed by atoms with Crippen molar-refractivity contribution in [2.45, 2.75) is 32.8 Å². The fourth-order valence-electron chi connectivity index (χ4n) is 2.65. The third-order valence-electron chi connectivity index (χ3n) is 3.80. The van der Waals surface area contributed by atoms with Gasteiger partial charge in [0.15, 0.2) is 12.1 Å². The molecule has 0 spiro atoms. The lowest BCUT2D eigenvalue weighted by Crippen LogP contribution is -2.35. The minimum atomic E-state index is -1.01. The van der Waals surface area contributed by atoms with Crippen LogP contribution in [-0.4, -0.2) is 62.5 Å². The van der Waals surface area contributed by atoms with Gasteiger partial charge in [-0.15, -0.1) is 5.43 Å². The summed E-state index contributed by atoms with van der Waals surface area (Å²) in [5.41, 5.74) is 2.59. The van der Waals surface area contributed by atoms with E-state index in [0.29, 0.717) is 24.1 Å². The van der Waals surface area contributed by atoms with Gasteiger partial charge < -0.3 is 14.7 Å². The molecule has 0 saturated carbocycles. The summed E-state index contributed by atoms with van der Waals surface area (Å²) in [5.74, 6) is -0.244. The standard InChI is InChI=1S/C17H21N5O4S/c1-17(2,3)26-16(25)21-6-4-11(9-21)10-22-7-5-13(20-22)19-15-18-8-12(27-15)14(23)24/h5,7-8,10-11H,4,6,9H2,1-3H3,(H-,18,19,20,23,24)/p+1/b22-10+. The number of rotatable bonds is 3. The number of likely N-dealkylation sites (tertiary alicyclic amines) is 1. The molecule has 3 rings (SSSR count). The van der Waals surface area contributed by atoms with Crippen molar-refractivity contribution in [1.29, 1.82) is 0 Å². The van der Waals surface area contributed by atoms with Crippen LogP contribution in [0.1, 0.15) is 36.9 Å². The van der Waals surface area contributed by atoms with Gasteiger partial charge in [-0.25, -0.2) is 14.6 Å². The zero-order chi connectivity index (χ0) is 19.6. The third-order valence-corrected chi connectivity index (χ3v) is 4.68. The number of thiazole rings is 1. The van der Waals surface area contributed by atoms with Crippen molar-refractivity contribution in [3.8, 4) is 0 Å². The Morgan fingerprint density at radius 1 is 1.52 bits per heavy atom. The molecule has 1 saturated heterocycles. The molecule has 1 atom stereocenters. The number of carboxylic acid groups (broad SMARTS) is 1. The van der Waals surface area contributed by atoms with Gasteiger partial charge in [-0.05, 0) is 27.2 Å². The summed E-state index contributed by atoms with van der Waals surface area (Å²) in [6.07, 6.45) is 7.45. The lowest BCUT2D eigenvalue weighted by molar-refractivity contribution is -0.494. The number of nitrogens with zero attached hydrogens (tertiary/aromatic N) is 4. The van der Waals surface area contributed by atoms with Crippen molar-refractivity contribution in [1.82, 2.24) is 15.3 Å². The summed E-state index contributed by atoms with van der Waals surface area (Å²) in [4.78, 5) is 33.1. The molecule has 1 unspecified atom stereocenters. The van der Waals surface area contributed by atoms with Gasteiger partial charge >= 0.3 is 12.1 Å². The number of aliphatic imine (C=N–C) groups is 1. The molecular weight excluding hydrogens is 370 g/mol. The normalized spacial score (nSPS) is 22.5. The van der Waals surface area contributed by atoms with Crippen molar-refractivity contribution in [3.63, 3.8) is 0 Å². The van der Waals surface area contributed by atoms with E-state index in [1.165, 1.54) is 6.20 Å². The maximum absolute atomic E-state index is 12.1. The van der Waals surface area contributed by atoms with Gasteiger partial charge in [0, 0.05) is 13.1 Å². The van der Waals surface area contributed by atoms with Crippen LogP contribution >= 0.6 is 11.3 Å². The highest BCUT2D eigenvalue weighted by atomic mass is 32.1. The van der Waals surface area contributed by atoms with Gasteiger partial charge in [-0.2, -0.15) is 4.99 Å². The number of carbonyl (C=O) groups excluding carboxylic acids is 1. The van der Waals surface area contributed by atoms with Crippen molar-refractivity contribution >= 4 is 40.6 Å². The highest BCUT2D eigenvalue weighted by Gasteiger charge is 2.31. The quantitative estimate of drug-likeness (QED) is 0.764. The Balaban J connectivity index is 1.57. The second-order valence-electron chi connectivity index (χ2n) is 7.27. The van der Waals surface area contributed by atoms with E-state index in [9.17, 15) is 9.59 Å². The highest BCUT2D eigenvalue weighted by Crippen LogP contribution is 2.22. The van der Waals surface area contributed by atoms with Crippen LogP contribution in [0.2, 0.25) is 0 Å². The van der Waals surface area contributed by atoms with E-state index in [4.69, 9.17) is 9.84 Å². The Labute approximate surface area is 160 Å². The maximum Gasteiger partial charge on any atom is 0.410 e. The molecule has 27 heavy (non-hydrogen) atoms. The van der Waals surface area contributed by atoms with E-state index < -0.39 is 11.6 Å². The van der Waals surface area contributed by atoms with E-state index in [-0.39, 0.29) is 16.9 Å². The molecule has 2 aliphatic heterocycles. The number of hydrazine groups is 1. The second-order valence-corrected chi connectivity index (χ2v) is 8.28. The van der Waals surface area contributed by atoms with Crippen molar-refractivity contribution in [2.24, 2.45) is 10.9 Å². The molecule has 0 bridgehead atoms. The number of amidine groups is 1. The Morgan fingerprint density at radius 3 is 2.96 bits per heavy atom. The maximum atomic E-state index is 12.1. The molecular formula is C17H22N5O4S+. The Morgan fingerprint density at radius 2 is 2.30 bits per heavy atom. The highest BCUT2D eigenvalue weighted by molar-refractivity contribution is 7.17. The van der Waals surface area contributed by atoms with Gasteiger partial charge in [0.1, 0.15) is 10.5 Å². The predicted octanol–water partition coefficient (Wildman–Crippen LogP) is 2.24. The summed E-state index contributed by atoms with van der Waals surface area (Å²) >= 11 is 1.01. The van der Waals surface area contributed by atoms with Crippen LogP contribution in [-0.2, 0) is 4.74 Å². The molecule has 1 fully saturated rings.